The summed E-state index contributed by atoms with van der Waals surface area (Å²) < 4.78 is 0. The molecule has 4 rings (SSSR count). The second-order valence-electron chi connectivity index (χ2n) is 7.82. The monoisotopic (exact) mass is 352 g/mol. The summed E-state index contributed by atoms with van der Waals surface area (Å²) in [6.07, 6.45) is 3.52. The molecule has 138 valence electrons. The molecule has 1 aromatic heterocycles. The van der Waals surface area contributed by atoms with E-state index in [0.29, 0.717) is 11.6 Å². The highest BCUT2D eigenvalue weighted by Crippen LogP contribution is 2.22. The van der Waals surface area contributed by atoms with E-state index in [1.54, 1.807) is 0 Å². The zero-order chi connectivity index (χ0) is 18.1. The number of aryl methyl sites for hydroxylation is 1. The molecule has 0 spiro atoms. The average molecular weight is 352 g/mol. The molecule has 1 aromatic carbocycles. The highest BCUT2D eigenvalue weighted by Gasteiger charge is 2.31. The SMILES string of the molecule is Cc1ccc2cccc(C(=O)N[C@H]3CCN(C4CCN(C)CC4)C3)c2n1. The summed E-state index contributed by atoms with van der Waals surface area (Å²) in [6.45, 7) is 6.38. The second kappa shape index (κ2) is 7.33. The number of benzene rings is 1. The van der Waals surface area contributed by atoms with Gasteiger partial charge in [-0.05, 0) is 58.5 Å². The molecule has 2 fully saturated rings. The third-order valence-corrected chi connectivity index (χ3v) is 5.86. The number of likely N-dealkylation sites (tertiary alicyclic amines) is 2. The maximum Gasteiger partial charge on any atom is 0.253 e. The van der Waals surface area contributed by atoms with Gasteiger partial charge in [0.25, 0.3) is 5.91 Å². The van der Waals surface area contributed by atoms with E-state index in [2.05, 4.69) is 27.1 Å². The number of piperidine rings is 1. The van der Waals surface area contributed by atoms with Gasteiger partial charge in [-0.2, -0.15) is 0 Å². The minimum Gasteiger partial charge on any atom is -0.348 e. The summed E-state index contributed by atoms with van der Waals surface area (Å²) in [4.78, 5) is 22.4. The number of hydrogen-bond donors (Lipinski definition) is 1. The lowest BCUT2D eigenvalue weighted by molar-refractivity contribution is 0.0933. The first-order valence-corrected chi connectivity index (χ1v) is 9.70. The highest BCUT2D eigenvalue weighted by atomic mass is 16.1. The second-order valence-corrected chi connectivity index (χ2v) is 7.82. The average Bonchev–Trinajstić information content (AvgIpc) is 3.10. The molecule has 26 heavy (non-hydrogen) atoms. The molecule has 0 aliphatic carbocycles. The Bertz CT molecular complexity index is 798. The lowest BCUT2D eigenvalue weighted by atomic mass is 10.0. The standard InChI is InChI=1S/C21H28N4O/c1-15-6-7-16-4-3-5-19(20(16)22-15)21(26)23-17-8-13-25(14-17)18-9-11-24(2)12-10-18/h3-7,17-18H,8-14H2,1-2H3,(H,23,26)/t17-/m0/s1. The van der Waals surface area contributed by atoms with E-state index in [9.17, 15) is 4.79 Å². The van der Waals surface area contributed by atoms with E-state index in [1.807, 2.05) is 37.3 Å². The number of fused-ring (bicyclic) bond motifs is 1. The smallest absolute Gasteiger partial charge is 0.253 e. The summed E-state index contributed by atoms with van der Waals surface area (Å²) in [6, 6.07) is 10.8. The molecule has 3 heterocycles. The van der Waals surface area contributed by atoms with E-state index in [-0.39, 0.29) is 11.9 Å². The number of rotatable bonds is 3. The number of carbonyl (C=O) groups excluding carboxylic acids is 1. The highest BCUT2D eigenvalue weighted by molar-refractivity contribution is 6.05. The number of para-hydroxylation sites is 1. The fourth-order valence-electron chi connectivity index (χ4n) is 4.29. The molecule has 0 saturated carbocycles. The normalized spacial score (nSPS) is 22.8. The van der Waals surface area contributed by atoms with E-state index in [1.165, 1.54) is 25.9 Å². The molecule has 5 heteroatoms. The van der Waals surface area contributed by atoms with Gasteiger partial charge in [-0.25, -0.2) is 0 Å². The van der Waals surface area contributed by atoms with Crippen LogP contribution in [-0.4, -0.2) is 66.0 Å². The van der Waals surface area contributed by atoms with Crippen LogP contribution in [0.1, 0.15) is 35.3 Å². The van der Waals surface area contributed by atoms with Gasteiger partial charge < -0.3 is 10.2 Å². The largest absolute Gasteiger partial charge is 0.348 e. The first kappa shape index (κ1) is 17.4. The van der Waals surface area contributed by atoms with Crippen molar-refractivity contribution in [2.24, 2.45) is 0 Å². The Morgan fingerprint density at radius 2 is 1.92 bits per heavy atom. The first-order valence-electron chi connectivity index (χ1n) is 9.70. The van der Waals surface area contributed by atoms with Crippen molar-refractivity contribution in [2.75, 3.05) is 33.2 Å². The van der Waals surface area contributed by atoms with Crippen LogP contribution >= 0.6 is 0 Å². The number of nitrogens with one attached hydrogen (secondary N) is 1. The van der Waals surface area contributed by atoms with Gasteiger partial charge in [-0.1, -0.05) is 18.2 Å². The van der Waals surface area contributed by atoms with Gasteiger partial charge >= 0.3 is 0 Å². The van der Waals surface area contributed by atoms with Crippen molar-refractivity contribution in [3.05, 3.63) is 41.6 Å². The minimum absolute atomic E-state index is 0.00364. The van der Waals surface area contributed by atoms with Crippen LogP contribution < -0.4 is 5.32 Å². The van der Waals surface area contributed by atoms with Crippen LogP contribution in [0.5, 0.6) is 0 Å². The Morgan fingerprint density at radius 1 is 1.12 bits per heavy atom. The van der Waals surface area contributed by atoms with Crippen molar-refractivity contribution in [3.63, 3.8) is 0 Å². The quantitative estimate of drug-likeness (QED) is 0.922. The van der Waals surface area contributed by atoms with Crippen LogP contribution in [0.3, 0.4) is 0 Å². The molecular formula is C21H28N4O. The summed E-state index contributed by atoms with van der Waals surface area (Å²) >= 11 is 0. The van der Waals surface area contributed by atoms with Crippen LogP contribution in [0.4, 0.5) is 0 Å². The number of hydrogen-bond acceptors (Lipinski definition) is 4. The van der Waals surface area contributed by atoms with Gasteiger partial charge in [-0.3, -0.25) is 14.7 Å². The third kappa shape index (κ3) is 3.60. The molecule has 0 bridgehead atoms. The van der Waals surface area contributed by atoms with Crippen molar-refractivity contribution < 1.29 is 4.79 Å². The Hall–Kier alpha value is -1.98. The number of amides is 1. The van der Waals surface area contributed by atoms with Gasteiger partial charge in [0.1, 0.15) is 0 Å². The molecule has 2 aromatic rings. The predicted molar refractivity (Wildman–Crippen MR) is 104 cm³/mol. The van der Waals surface area contributed by atoms with Crippen molar-refractivity contribution in [1.29, 1.82) is 0 Å². The maximum atomic E-state index is 12.9. The van der Waals surface area contributed by atoms with Gasteiger partial charge in [0, 0.05) is 36.3 Å². The maximum absolute atomic E-state index is 12.9. The molecule has 1 atom stereocenters. The van der Waals surface area contributed by atoms with Crippen LogP contribution in [0.2, 0.25) is 0 Å². The van der Waals surface area contributed by atoms with Crippen LogP contribution in [0.25, 0.3) is 10.9 Å². The van der Waals surface area contributed by atoms with Crippen molar-refractivity contribution in [2.45, 2.75) is 38.3 Å². The molecule has 5 nitrogen and oxygen atoms in total. The first-order chi connectivity index (χ1) is 12.6. The lowest BCUT2D eigenvalue weighted by Crippen LogP contribution is -2.44. The molecule has 2 aliphatic heterocycles. The molecule has 2 aliphatic rings. The van der Waals surface area contributed by atoms with Gasteiger partial charge in [0.05, 0.1) is 11.1 Å². The van der Waals surface area contributed by atoms with E-state index in [4.69, 9.17) is 0 Å². The summed E-state index contributed by atoms with van der Waals surface area (Å²) in [5, 5.41) is 4.27. The molecule has 1 N–H and O–H groups in total. The molecular weight excluding hydrogens is 324 g/mol. The number of pyridine rings is 1. The molecule has 2 saturated heterocycles. The zero-order valence-corrected chi connectivity index (χ0v) is 15.7. The number of aromatic nitrogens is 1. The number of carbonyl (C=O) groups is 1. The van der Waals surface area contributed by atoms with Crippen molar-refractivity contribution in [3.8, 4) is 0 Å². The number of nitrogens with zero attached hydrogens (tertiary/aromatic N) is 3. The van der Waals surface area contributed by atoms with Gasteiger partial charge in [0.15, 0.2) is 0 Å². The third-order valence-electron chi connectivity index (χ3n) is 5.86. The van der Waals surface area contributed by atoms with E-state index in [0.717, 1.165) is 36.1 Å². The Morgan fingerprint density at radius 3 is 2.73 bits per heavy atom. The van der Waals surface area contributed by atoms with E-state index >= 15 is 0 Å². The molecule has 1 amide bonds. The van der Waals surface area contributed by atoms with Crippen LogP contribution in [-0.2, 0) is 0 Å². The van der Waals surface area contributed by atoms with Gasteiger partial charge in [-0.15, -0.1) is 0 Å². The molecule has 0 unspecified atom stereocenters. The van der Waals surface area contributed by atoms with E-state index < -0.39 is 0 Å². The van der Waals surface area contributed by atoms with Crippen LogP contribution in [0.15, 0.2) is 30.3 Å². The lowest BCUT2D eigenvalue weighted by Gasteiger charge is -2.35. The molecule has 0 radical (unpaired) electrons. The van der Waals surface area contributed by atoms with Crippen molar-refractivity contribution >= 4 is 16.8 Å². The summed E-state index contributed by atoms with van der Waals surface area (Å²) in [5.74, 6) is 0.00364. The fourth-order valence-corrected chi connectivity index (χ4v) is 4.29. The fraction of sp³-hybridized carbons (Fsp3) is 0.524. The zero-order valence-electron chi connectivity index (χ0n) is 15.7. The van der Waals surface area contributed by atoms with Crippen LogP contribution in [0, 0.1) is 6.92 Å². The topological polar surface area (TPSA) is 48.5 Å². The van der Waals surface area contributed by atoms with Gasteiger partial charge in [0.2, 0.25) is 0 Å². The Kier molecular flexibility index (Phi) is 4.92. The van der Waals surface area contributed by atoms with Crippen molar-refractivity contribution in [1.82, 2.24) is 20.1 Å². The summed E-state index contributed by atoms with van der Waals surface area (Å²) in [7, 11) is 2.20. The Labute approximate surface area is 155 Å². The summed E-state index contributed by atoms with van der Waals surface area (Å²) in [5.41, 5.74) is 2.42. The Balaban J connectivity index is 1.42. The minimum atomic E-state index is 0.00364. The predicted octanol–water partition coefficient (Wildman–Crippen LogP) is 2.44.